The van der Waals surface area contributed by atoms with Crippen molar-refractivity contribution in [2.45, 2.75) is 44.9 Å². The summed E-state index contributed by atoms with van der Waals surface area (Å²) in [6.07, 6.45) is 1.27. The molecule has 122 valence electrons. The molecule has 0 aromatic heterocycles. The molecule has 3 N–H and O–H groups in total. The first-order valence-corrected chi connectivity index (χ1v) is 11.5. The Kier molecular flexibility index (Phi) is 6.46. The number of hydrogen-bond donors (Lipinski definition) is 2. The van der Waals surface area contributed by atoms with E-state index in [1.54, 1.807) is 6.07 Å². The van der Waals surface area contributed by atoms with Crippen molar-refractivity contribution in [1.29, 1.82) is 0 Å². The SMILES string of the molecule is C[Si](C)(C)CCc1c(CCC(N)=O)cc(Cl)c(C(=O)O)c1Cl. The standard InChI is InChI=1S/C15H21Cl2NO3Si/c1-22(2,3)7-6-10-9(4-5-12(18)19)8-11(16)13(14(10)17)15(20)21/h8H,4-7H2,1-3H3,(H2,18,19)(H,20,21). The number of carboxylic acids is 1. The second-order valence-corrected chi connectivity index (χ2v) is 12.9. The highest BCUT2D eigenvalue weighted by molar-refractivity contribution is 6.76. The lowest BCUT2D eigenvalue weighted by atomic mass is 9.97. The molecule has 0 radical (unpaired) electrons. The maximum absolute atomic E-state index is 11.3. The lowest BCUT2D eigenvalue weighted by molar-refractivity contribution is -0.117. The predicted octanol–water partition coefficient (Wildman–Crippen LogP) is 3.99. The molecule has 0 aliphatic carbocycles. The van der Waals surface area contributed by atoms with Crippen molar-refractivity contribution in [3.8, 4) is 0 Å². The maximum Gasteiger partial charge on any atom is 0.338 e. The van der Waals surface area contributed by atoms with Gasteiger partial charge in [0.15, 0.2) is 0 Å². The summed E-state index contributed by atoms with van der Waals surface area (Å²) in [5.41, 5.74) is 6.70. The Morgan fingerprint density at radius 3 is 2.27 bits per heavy atom. The molecule has 4 nitrogen and oxygen atoms in total. The van der Waals surface area contributed by atoms with Crippen LogP contribution in [0.15, 0.2) is 6.07 Å². The molecular formula is C15H21Cl2NO3Si. The van der Waals surface area contributed by atoms with Gasteiger partial charge in [-0.2, -0.15) is 0 Å². The van der Waals surface area contributed by atoms with Crippen LogP contribution in [0.5, 0.6) is 0 Å². The van der Waals surface area contributed by atoms with Gasteiger partial charge in [0.2, 0.25) is 5.91 Å². The predicted molar refractivity (Wildman–Crippen MR) is 92.8 cm³/mol. The van der Waals surface area contributed by atoms with E-state index in [1.807, 2.05) is 0 Å². The van der Waals surface area contributed by atoms with Crippen LogP contribution in [0.2, 0.25) is 35.7 Å². The summed E-state index contributed by atoms with van der Waals surface area (Å²) in [5, 5.41) is 9.54. The van der Waals surface area contributed by atoms with Crippen LogP contribution in [-0.4, -0.2) is 25.1 Å². The highest BCUT2D eigenvalue weighted by Crippen LogP contribution is 2.34. The number of primary amides is 1. The molecular weight excluding hydrogens is 341 g/mol. The van der Waals surface area contributed by atoms with Gasteiger partial charge in [-0.3, -0.25) is 4.79 Å². The Hall–Kier alpha value is -1.04. The molecule has 0 saturated carbocycles. The molecule has 0 atom stereocenters. The van der Waals surface area contributed by atoms with Crippen molar-refractivity contribution in [3.63, 3.8) is 0 Å². The van der Waals surface area contributed by atoms with Crippen LogP contribution in [0.4, 0.5) is 0 Å². The quantitative estimate of drug-likeness (QED) is 0.720. The fraction of sp³-hybridized carbons (Fsp3) is 0.467. The van der Waals surface area contributed by atoms with Gasteiger partial charge >= 0.3 is 5.97 Å². The van der Waals surface area contributed by atoms with Gasteiger partial charge in [-0.25, -0.2) is 4.79 Å². The van der Waals surface area contributed by atoms with Gasteiger partial charge in [0.05, 0.1) is 15.6 Å². The smallest absolute Gasteiger partial charge is 0.338 e. The Labute approximate surface area is 141 Å². The summed E-state index contributed by atoms with van der Waals surface area (Å²) in [5.74, 6) is -1.56. The monoisotopic (exact) mass is 361 g/mol. The van der Waals surface area contributed by atoms with Gasteiger partial charge in [0.1, 0.15) is 0 Å². The van der Waals surface area contributed by atoms with Crippen molar-refractivity contribution in [2.24, 2.45) is 5.73 Å². The van der Waals surface area contributed by atoms with Crippen LogP contribution in [0.1, 0.15) is 27.9 Å². The van der Waals surface area contributed by atoms with Crippen LogP contribution >= 0.6 is 23.2 Å². The van der Waals surface area contributed by atoms with E-state index < -0.39 is 20.0 Å². The lowest BCUT2D eigenvalue weighted by Gasteiger charge is -2.19. The molecule has 0 heterocycles. The summed E-state index contributed by atoms with van der Waals surface area (Å²) in [4.78, 5) is 22.4. The molecule has 0 unspecified atom stereocenters. The number of amides is 1. The number of hydrogen-bond acceptors (Lipinski definition) is 2. The molecule has 22 heavy (non-hydrogen) atoms. The van der Waals surface area contributed by atoms with E-state index in [-0.39, 0.29) is 22.0 Å². The third-order valence-electron chi connectivity index (χ3n) is 3.39. The third kappa shape index (κ3) is 5.30. The van der Waals surface area contributed by atoms with Gasteiger partial charge in [0, 0.05) is 14.5 Å². The molecule has 1 amide bonds. The van der Waals surface area contributed by atoms with Gasteiger partial charge in [-0.15, -0.1) is 0 Å². The molecule has 0 aliphatic rings. The zero-order chi connectivity index (χ0) is 17.1. The Morgan fingerprint density at radius 2 is 1.82 bits per heavy atom. The van der Waals surface area contributed by atoms with Crippen LogP contribution in [0, 0.1) is 0 Å². The van der Waals surface area contributed by atoms with Crippen molar-refractivity contribution >= 4 is 43.2 Å². The number of benzene rings is 1. The number of nitrogens with two attached hydrogens (primary N) is 1. The minimum absolute atomic E-state index is 0.0725. The summed E-state index contributed by atoms with van der Waals surface area (Å²) in [6.45, 7) is 6.70. The van der Waals surface area contributed by atoms with E-state index in [0.717, 1.165) is 17.2 Å². The molecule has 1 aromatic rings. The van der Waals surface area contributed by atoms with Crippen molar-refractivity contribution in [3.05, 3.63) is 32.8 Å². The molecule has 7 heteroatoms. The first-order chi connectivity index (χ1) is 10.0. The van der Waals surface area contributed by atoms with Crippen LogP contribution < -0.4 is 5.73 Å². The second kappa shape index (κ2) is 7.48. The molecule has 1 rings (SSSR count). The zero-order valence-electron chi connectivity index (χ0n) is 13.0. The molecule has 0 bridgehead atoms. The number of carboxylic acid groups (broad SMARTS) is 1. The molecule has 0 aliphatic heterocycles. The van der Waals surface area contributed by atoms with E-state index in [4.69, 9.17) is 28.9 Å². The summed E-state index contributed by atoms with van der Waals surface area (Å²) < 4.78 is 0. The fourth-order valence-electron chi connectivity index (χ4n) is 2.16. The minimum atomic E-state index is -1.32. The average Bonchev–Trinajstić information content (AvgIpc) is 2.33. The highest BCUT2D eigenvalue weighted by Gasteiger charge is 2.22. The summed E-state index contributed by atoms with van der Waals surface area (Å²) >= 11 is 12.3. The number of aromatic carboxylic acids is 1. The normalized spacial score (nSPS) is 11.5. The Morgan fingerprint density at radius 1 is 1.23 bits per heavy atom. The number of rotatable bonds is 7. The molecule has 0 fully saturated rings. The van der Waals surface area contributed by atoms with Crippen LogP contribution in [0.3, 0.4) is 0 Å². The first-order valence-electron chi connectivity index (χ1n) is 7.04. The zero-order valence-corrected chi connectivity index (χ0v) is 15.5. The molecule has 0 saturated heterocycles. The molecule has 0 spiro atoms. The fourth-order valence-corrected chi connectivity index (χ4v) is 3.91. The number of halogens is 2. The Balaban J connectivity index is 3.29. The van der Waals surface area contributed by atoms with E-state index >= 15 is 0 Å². The van der Waals surface area contributed by atoms with E-state index in [2.05, 4.69) is 19.6 Å². The van der Waals surface area contributed by atoms with Crippen molar-refractivity contribution in [1.82, 2.24) is 0 Å². The van der Waals surface area contributed by atoms with E-state index in [0.29, 0.717) is 12.8 Å². The summed E-state index contributed by atoms with van der Waals surface area (Å²) in [7, 11) is -1.32. The molecule has 1 aromatic carbocycles. The maximum atomic E-state index is 11.3. The van der Waals surface area contributed by atoms with E-state index in [1.165, 1.54) is 0 Å². The number of carbonyl (C=O) groups excluding carboxylic acids is 1. The minimum Gasteiger partial charge on any atom is -0.478 e. The van der Waals surface area contributed by atoms with Crippen LogP contribution in [-0.2, 0) is 17.6 Å². The largest absolute Gasteiger partial charge is 0.478 e. The average molecular weight is 362 g/mol. The van der Waals surface area contributed by atoms with Crippen LogP contribution in [0.25, 0.3) is 0 Å². The number of carbonyl (C=O) groups is 2. The number of aryl methyl sites for hydroxylation is 1. The van der Waals surface area contributed by atoms with Gasteiger partial charge in [-0.1, -0.05) is 48.9 Å². The third-order valence-corrected chi connectivity index (χ3v) is 5.86. The topological polar surface area (TPSA) is 80.4 Å². The van der Waals surface area contributed by atoms with Gasteiger partial charge in [0.25, 0.3) is 0 Å². The second-order valence-electron chi connectivity index (χ2n) is 6.52. The first kappa shape index (κ1) is 19.0. The van der Waals surface area contributed by atoms with Gasteiger partial charge in [-0.05, 0) is 30.0 Å². The van der Waals surface area contributed by atoms with Gasteiger partial charge < -0.3 is 10.8 Å². The summed E-state index contributed by atoms with van der Waals surface area (Å²) in [6, 6.07) is 2.57. The van der Waals surface area contributed by atoms with Crippen molar-refractivity contribution in [2.75, 3.05) is 0 Å². The highest BCUT2D eigenvalue weighted by atomic mass is 35.5. The van der Waals surface area contributed by atoms with Crippen molar-refractivity contribution < 1.29 is 14.7 Å². The van der Waals surface area contributed by atoms with E-state index in [9.17, 15) is 14.7 Å². The Bertz CT molecular complexity index is 597. The lowest BCUT2D eigenvalue weighted by Crippen LogP contribution is -2.21.